The second-order valence-corrected chi connectivity index (χ2v) is 4.37. The van der Waals surface area contributed by atoms with Crippen molar-refractivity contribution >= 4 is 17.5 Å². The standard InChI is InChI=1S/C14H14N2O5/c1-9-7-10(14(17)20-2)3-5-12(9)15-8-11-4-6-13(21-11)16(18)19/h3-7,15H,8H2,1-2H3. The molecule has 0 radical (unpaired) electrons. The molecule has 1 aromatic heterocycles. The van der Waals surface area contributed by atoms with E-state index in [1.165, 1.54) is 13.2 Å². The quantitative estimate of drug-likeness (QED) is 0.517. The molecule has 7 heteroatoms. The number of nitro groups is 1. The van der Waals surface area contributed by atoms with Crippen molar-refractivity contribution in [2.75, 3.05) is 12.4 Å². The molecular weight excluding hydrogens is 276 g/mol. The summed E-state index contributed by atoms with van der Waals surface area (Å²) in [5, 5.41) is 13.6. The molecule has 1 N–H and O–H groups in total. The first-order chi connectivity index (χ1) is 10.0. The van der Waals surface area contributed by atoms with Crippen LogP contribution in [0.25, 0.3) is 0 Å². The van der Waals surface area contributed by atoms with E-state index in [-0.39, 0.29) is 5.88 Å². The molecule has 0 bridgehead atoms. The fourth-order valence-electron chi connectivity index (χ4n) is 1.85. The zero-order chi connectivity index (χ0) is 15.4. The summed E-state index contributed by atoms with van der Waals surface area (Å²) in [6.45, 7) is 2.16. The Morgan fingerprint density at radius 1 is 1.38 bits per heavy atom. The highest BCUT2D eigenvalue weighted by Gasteiger charge is 2.12. The second-order valence-electron chi connectivity index (χ2n) is 4.37. The van der Waals surface area contributed by atoms with Gasteiger partial charge in [0.25, 0.3) is 0 Å². The molecule has 0 atom stereocenters. The molecule has 2 aromatic rings. The van der Waals surface area contributed by atoms with E-state index in [9.17, 15) is 14.9 Å². The first-order valence-electron chi connectivity index (χ1n) is 6.17. The van der Waals surface area contributed by atoms with E-state index in [0.29, 0.717) is 17.9 Å². The maximum absolute atomic E-state index is 11.4. The van der Waals surface area contributed by atoms with Crippen molar-refractivity contribution in [1.29, 1.82) is 0 Å². The van der Waals surface area contributed by atoms with Crippen LogP contribution in [0.1, 0.15) is 21.7 Å². The number of anilines is 1. The molecule has 0 unspecified atom stereocenters. The van der Waals surface area contributed by atoms with Crippen LogP contribution >= 0.6 is 0 Å². The Hall–Kier alpha value is -2.83. The molecule has 110 valence electrons. The van der Waals surface area contributed by atoms with Crippen LogP contribution in [0.15, 0.2) is 34.7 Å². The third-order valence-corrected chi connectivity index (χ3v) is 2.93. The lowest BCUT2D eigenvalue weighted by Crippen LogP contribution is -2.04. The van der Waals surface area contributed by atoms with E-state index in [2.05, 4.69) is 10.1 Å². The average Bonchev–Trinajstić information content (AvgIpc) is 2.94. The molecule has 2 rings (SSSR count). The van der Waals surface area contributed by atoms with E-state index in [1.807, 2.05) is 6.92 Å². The summed E-state index contributed by atoms with van der Waals surface area (Å²) in [6.07, 6.45) is 0. The monoisotopic (exact) mass is 290 g/mol. The van der Waals surface area contributed by atoms with Gasteiger partial charge in [-0.25, -0.2) is 4.79 Å². The third-order valence-electron chi connectivity index (χ3n) is 2.93. The number of aryl methyl sites for hydroxylation is 1. The van der Waals surface area contributed by atoms with Gasteiger partial charge in [0.05, 0.1) is 25.3 Å². The number of furan rings is 1. The van der Waals surface area contributed by atoms with Crippen LogP contribution in [0.3, 0.4) is 0 Å². The molecule has 0 aliphatic carbocycles. The summed E-state index contributed by atoms with van der Waals surface area (Å²) >= 11 is 0. The number of methoxy groups -OCH3 is 1. The molecule has 1 aromatic carbocycles. The predicted molar refractivity (Wildman–Crippen MR) is 75.2 cm³/mol. The summed E-state index contributed by atoms with van der Waals surface area (Å²) in [5.41, 5.74) is 2.13. The van der Waals surface area contributed by atoms with Gasteiger partial charge in [-0.1, -0.05) is 0 Å². The van der Waals surface area contributed by atoms with Gasteiger partial charge in [-0.05, 0) is 36.8 Å². The molecular formula is C14H14N2O5. The number of nitrogens with zero attached hydrogens (tertiary/aromatic N) is 1. The lowest BCUT2D eigenvalue weighted by Gasteiger charge is -2.09. The SMILES string of the molecule is COC(=O)c1ccc(NCc2ccc([N+](=O)[O-])o2)c(C)c1. The van der Waals surface area contributed by atoms with Crippen molar-refractivity contribution in [1.82, 2.24) is 0 Å². The maximum Gasteiger partial charge on any atom is 0.433 e. The van der Waals surface area contributed by atoms with Gasteiger partial charge < -0.3 is 14.5 Å². The van der Waals surface area contributed by atoms with Gasteiger partial charge >= 0.3 is 11.9 Å². The van der Waals surface area contributed by atoms with E-state index < -0.39 is 10.9 Å². The number of carbonyl (C=O) groups excluding carboxylic acids is 1. The van der Waals surface area contributed by atoms with Gasteiger partial charge in [0, 0.05) is 5.69 Å². The van der Waals surface area contributed by atoms with Crippen LogP contribution in [0, 0.1) is 17.0 Å². The minimum absolute atomic E-state index is 0.287. The predicted octanol–water partition coefficient (Wildman–Crippen LogP) is 2.89. The van der Waals surface area contributed by atoms with E-state index in [4.69, 9.17) is 4.42 Å². The number of hydrogen-bond donors (Lipinski definition) is 1. The Labute approximate surface area is 120 Å². The van der Waals surface area contributed by atoms with Crippen molar-refractivity contribution < 1.29 is 18.9 Å². The first-order valence-corrected chi connectivity index (χ1v) is 6.17. The van der Waals surface area contributed by atoms with E-state index in [0.717, 1.165) is 11.3 Å². The van der Waals surface area contributed by atoms with Gasteiger partial charge in [0.2, 0.25) is 0 Å². The highest BCUT2D eigenvalue weighted by atomic mass is 16.6. The number of carbonyl (C=O) groups is 1. The van der Waals surface area contributed by atoms with E-state index >= 15 is 0 Å². The Kier molecular flexibility index (Phi) is 4.22. The number of benzene rings is 1. The number of nitrogens with one attached hydrogen (secondary N) is 1. The molecule has 0 saturated heterocycles. The van der Waals surface area contributed by atoms with E-state index in [1.54, 1.807) is 24.3 Å². The first kappa shape index (κ1) is 14.6. The van der Waals surface area contributed by atoms with Crippen molar-refractivity contribution in [3.05, 3.63) is 57.3 Å². The van der Waals surface area contributed by atoms with Crippen molar-refractivity contribution in [3.63, 3.8) is 0 Å². The molecule has 0 amide bonds. The Bertz CT molecular complexity index is 678. The number of esters is 1. The smallest absolute Gasteiger partial charge is 0.433 e. The van der Waals surface area contributed by atoms with Crippen molar-refractivity contribution in [2.24, 2.45) is 0 Å². The van der Waals surface area contributed by atoms with Crippen molar-refractivity contribution in [3.8, 4) is 0 Å². The zero-order valence-corrected chi connectivity index (χ0v) is 11.6. The number of ether oxygens (including phenoxy) is 1. The fraction of sp³-hybridized carbons (Fsp3) is 0.214. The van der Waals surface area contributed by atoms with Crippen LogP contribution < -0.4 is 5.32 Å². The minimum atomic E-state index is -0.583. The van der Waals surface area contributed by atoms with Gasteiger partial charge in [0.15, 0.2) is 0 Å². The highest BCUT2D eigenvalue weighted by Crippen LogP contribution is 2.20. The van der Waals surface area contributed by atoms with Gasteiger partial charge in [-0.3, -0.25) is 10.1 Å². The summed E-state index contributed by atoms with van der Waals surface area (Å²) in [6, 6.07) is 7.96. The van der Waals surface area contributed by atoms with Crippen LogP contribution in [0.5, 0.6) is 0 Å². The number of hydrogen-bond acceptors (Lipinski definition) is 6. The van der Waals surface area contributed by atoms with Crippen LogP contribution in [-0.4, -0.2) is 18.0 Å². The molecule has 1 heterocycles. The van der Waals surface area contributed by atoms with Crippen molar-refractivity contribution in [2.45, 2.75) is 13.5 Å². The lowest BCUT2D eigenvalue weighted by molar-refractivity contribution is -0.402. The van der Waals surface area contributed by atoms with Gasteiger partial charge in [-0.2, -0.15) is 0 Å². The molecule has 21 heavy (non-hydrogen) atoms. The topological polar surface area (TPSA) is 94.6 Å². The minimum Gasteiger partial charge on any atom is -0.465 e. The molecule has 0 aliphatic rings. The summed E-state index contributed by atoms with van der Waals surface area (Å²) in [5.74, 6) is -0.228. The Balaban J connectivity index is 2.06. The van der Waals surface area contributed by atoms with Gasteiger partial charge in [0.1, 0.15) is 10.7 Å². The highest BCUT2D eigenvalue weighted by molar-refractivity contribution is 5.90. The molecule has 0 fully saturated rings. The number of rotatable bonds is 5. The largest absolute Gasteiger partial charge is 0.465 e. The van der Waals surface area contributed by atoms with Crippen LogP contribution in [0.2, 0.25) is 0 Å². The fourth-order valence-corrected chi connectivity index (χ4v) is 1.85. The second kappa shape index (κ2) is 6.08. The average molecular weight is 290 g/mol. The molecule has 0 spiro atoms. The maximum atomic E-state index is 11.4. The zero-order valence-electron chi connectivity index (χ0n) is 11.6. The lowest BCUT2D eigenvalue weighted by atomic mass is 10.1. The normalized spacial score (nSPS) is 10.2. The Morgan fingerprint density at radius 2 is 2.14 bits per heavy atom. The summed E-state index contributed by atoms with van der Waals surface area (Å²) in [7, 11) is 1.33. The van der Waals surface area contributed by atoms with Gasteiger partial charge in [-0.15, -0.1) is 0 Å². The molecule has 0 aliphatic heterocycles. The van der Waals surface area contributed by atoms with Crippen LogP contribution in [0.4, 0.5) is 11.6 Å². The van der Waals surface area contributed by atoms with Crippen LogP contribution in [-0.2, 0) is 11.3 Å². The summed E-state index contributed by atoms with van der Waals surface area (Å²) < 4.78 is 9.70. The third kappa shape index (κ3) is 3.38. The summed E-state index contributed by atoms with van der Waals surface area (Å²) in [4.78, 5) is 21.3. The molecule has 7 nitrogen and oxygen atoms in total. The molecule has 0 saturated carbocycles. The Morgan fingerprint density at radius 3 is 2.71 bits per heavy atom.